The summed E-state index contributed by atoms with van der Waals surface area (Å²) in [6, 6.07) is 6.98. The summed E-state index contributed by atoms with van der Waals surface area (Å²) >= 11 is 0. The number of amides is 4. The fourth-order valence-corrected chi connectivity index (χ4v) is 4.10. The largest absolute Gasteiger partial charge is 0.475 e. The molecule has 0 aliphatic heterocycles. The number of rotatable bonds is 12. The number of hydrogen-bond donors (Lipinski definition) is 6. The van der Waals surface area contributed by atoms with Crippen LogP contribution < -0.4 is 21.3 Å². The minimum Gasteiger partial charge on any atom is -0.426 e. The lowest BCUT2D eigenvalue weighted by molar-refractivity contribution is -0.132. The van der Waals surface area contributed by atoms with Crippen molar-refractivity contribution < 1.29 is 29.2 Å². The van der Waals surface area contributed by atoms with Crippen molar-refractivity contribution in [3.05, 3.63) is 35.9 Å². The fourth-order valence-electron chi connectivity index (χ4n) is 4.10. The van der Waals surface area contributed by atoms with Crippen molar-refractivity contribution in [2.24, 2.45) is 11.8 Å². The molecular formula is C24H37BN4O6. The molecule has 0 saturated heterocycles. The molecule has 0 unspecified atom stereocenters. The topological polar surface area (TPSA) is 157 Å². The summed E-state index contributed by atoms with van der Waals surface area (Å²) in [4.78, 5) is 51.0. The predicted octanol–water partition coefficient (Wildman–Crippen LogP) is 0.139. The fraction of sp³-hybridized carbons (Fsp3) is 0.583. The Labute approximate surface area is 206 Å². The zero-order valence-electron chi connectivity index (χ0n) is 20.6. The van der Waals surface area contributed by atoms with Crippen molar-refractivity contribution in [2.75, 3.05) is 6.54 Å². The maximum absolute atomic E-state index is 13.4. The molecule has 0 aromatic heterocycles. The summed E-state index contributed by atoms with van der Waals surface area (Å²) in [5.41, 5.74) is 0.452. The van der Waals surface area contributed by atoms with Crippen LogP contribution in [0.15, 0.2) is 30.3 Å². The second kappa shape index (κ2) is 13.8. The zero-order valence-corrected chi connectivity index (χ0v) is 20.6. The maximum atomic E-state index is 13.4. The molecule has 11 heteroatoms. The van der Waals surface area contributed by atoms with Gasteiger partial charge in [-0.2, -0.15) is 0 Å². The Kier molecular flexibility index (Phi) is 11.2. The van der Waals surface area contributed by atoms with Gasteiger partial charge >= 0.3 is 7.12 Å². The highest BCUT2D eigenvalue weighted by Gasteiger charge is 2.35. The van der Waals surface area contributed by atoms with Crippen molar-refractivity contribution in [1.29, 1.82) is 0 Å². The van der Waals surface area contributed by atoms with Gasteiger partial charge in [-0.1, -0.05) is 51.3 Å². The van der Waals surface area contributed by atoms with Crippen molar-refractivity contribution in [2.45, 2.75) is 70.9 Å². The van der Waals surface area contributed by atoms with Gasteiger partial charge in [0.2, 0.25) is 17.7 Å². The van der Waals surface area contributed by atoms with E-state index in [-0.39, 0.29) is 24.3 Å². The van der Waals surface area contributed by atoms with Crippen molar-refractivity contribution in [1.82, 2.24) is 21.3 Å². The Bertz CT molecular complexity index is 863. The van der Waals surface area contributed by atoms with Gasteiger partial charge in [0.05, 0.1) is 12.5 Å². The third-order valence-electron chi connectivity index (χ3n) is 6.53. The molecule has 6 N–H and O–H groups in total. The third kappa shape index (κ3) is 8.67. The SMILES string of the molecule is CC[C@H](C)[C@H](NC(=O)[C@@H](NC(=O)c1ccccc1)C1CCCC1)C(=O)NCC(=O)N[C@@H](C)B(O)O. The molecule has 1 aliphatic carbocycles. The summed E-state index contributed by atoms with van der Waals surface area (Å²) in [5, 5.41) is 28.7. The van der Waals surface area contributed by atoms with E-state index < -0.39 is 42.9 Å². The van der Waals surface area contributed by atoms with Crippen LogP contribution in [0.1, 0.15) is 63.2 Å². The van der Waals surface area contributed by atoms with E-state index in [9.17, 15) is 19.2 Å². The van der Waals surface area contributed by atoms with Crippen LogP contribution in [0.3, 0.4) is 0 Å². The number of nitrogens with one attached hydrogen (secondary N) is 4. The van der Waals surface area contributed by atoms with Gasteiger partial charge in [0.15, 0.2) is 0 Å². The number of benzene rings is 1. The van der Waals surface area contributed by atoms with Gasteiger partial charge < -0.3 is 31.3 Å². The molecule has 1 aliphatic rings. The second-order valence-corrected chi connectivity index (χ2v) is 9.22. The van der Waals surface area contributed by atoms with Gasteiger partial charge in [-0.05, 0) is 43.7 Å². The first-order chi connectivity index (χ1) is 16.6. The Hall–Kier alpha value is -2.92. The van der Waals surface area contributed by atoms with E-state index in [2.05, 4.69) is 21.3 Å². The summed E-state index contributed by atoms with van der Waals surface area (Å²) in [5.74, 6) is -3.05. The lowest BCUT2D eigenvalue weighted by Gasteiger charge is -2.29. The first kappa shape index (κ1) is 28.3. The Balaban J connectivity index is 2.08. The van der Waals surface area contributed by atoms with E-state index in [1.165, 1.54) is 6.92 Å². The number of hydrogen-bond acceptors (Lipinski definition) is 6. The normalized spacial score (nSPS) is 16.9. The molecule has 1 aromatic carbocycles. The predicted molar refractivity (Wildman–Crippen MR) is 132 cm³/mol. The molecule has 0 bridgehead atoms. The average Bonchev–Trinajstić information content (AvgIpc) is 3.38. The first-order valence-corrected chi connectivity index (χ1v) is 12.2. The van der Waals surface area contributed by atoms with E-state index in [1.54, 1.807) is 30.3 Å². The molecule has 4 amide bonds. The smallest absolute Gasteiger partial charge is 0.426 e. The average molecular weight is 488 g/mol. The maximum Gasteiger partial charge on any atom is 0.475 e. The molecular weight excluding hydrogens is 451 g/mol. The van der Waals surface area contributed by atoms with E-state index in [1.807, 2.05) is 13.8 Å². The molecule has 2 rings (SSSR count). The van der Waals surface area contributed by atoms with Crippen LogP contribution in [-0.2, 0) is 14.4 Å². The zero-order chi connectivity index (χ0) is 26.0. The molecule has 0 radical (unpaired) electrons. The van der Waals surface area contributed by atoms with Crippen LogP contribution >= 0.6 is 0 Å². The lowest BCUT2D eigenvalue weighted by atomic mass is 9.81. The summed E-state index contributed by atoms with van der Waals surface area (Å²) in [6.45, 7) is 4.75. The minimum absolute atomic E-state index is 0.0273. The molecule has 1 fully saturated rings. The second-order valence-electron chi connectivity index (χ2n) is 9.22. The van der Waals surface area contributed by atoms with Crippen LogP contribution in [0.2, 0.25) is 0 Å². The lowest BCUT2D eigenvalue weighted by Crippen LogP contribution is -2.58. The van der Waals surface area contributed by atoms with Crippen LogP contribution in [0.5, 0.6) is 0 Å². The van der Waals surface area contributed by atoms with Gasteiger partial charge in [-0.15, -0.1) is 0 Å². The summed E-state index contributed by atoms with van der Waals surface area (Å²) in [7, 11) is -1.72. The third-order valence-corrected chi connectivity index (χ3v) is 6.53. The molecule has 1 aromatic rings. The van der Waals surface area contributed by atoms with Gasteiger partial charge in [0.1, 0.15) is 12.1 Å². The number of carbonyl (C=O) groups excluding carboxylic acids is 4. The van der Waals surface area contributed by atoms with Gasteiger partial charge in [0, 0.05) is 5.56 Å². The molecule has 192 valence electrons. The summed E-state index contributed by atoms with van der Waals surface area (Å²) in [6.07, 6.45) is 4.16. The standard InChI is InChI=1S/C24H37BN4O6/c1-4-15(2)20(23(32)26-14-19(30)27-16(3)25(34)35)28-24(33)21(17-10-8-9-11-17)29-22(31)18-12-6-5-7-13-18/h5-7,12-13,15-17,20-21,34-35H,4,8-11,14H2,1-3H3,(H,26,32)(H,27,30)(H,28,33)(H,29,31)/t15-,16-,20-,21-/m0/s1. The van der Waals surface area contributed by atoms with E-state index in [4.69, 9.17) is 10.0 Å². The van der Waals surface area contributed by atoms with Crippen molar-refractivity contribution >= 4 is 30.7 Å². The highest BCUT2D eigenvalue weighted by molar-refractivity contribution is 6.43. The van der Waals surface area contributed by atoms with E-state index in [0.29, 0.717) is 12.0 Å². The van der Waals surface area contributed by atoms with Crippen LogP contribution in [0, 0.1) is 11.8 Å². The van der Waals surface area contributed by atoms with Crippen LogP contribution in [0.4, 0.5) is 0 Å². The molecule has 10 nitrogen and oxygen atoms in total. The number of carbonyl (C=O) groups is 4. The highest BCUT2D eigenvalue weighted by Crippen LogP contribution is 2.28. The molecule has 35 heavy (non-hydrogen) atoms. The van der Waals surface area contributed by atoms with Gasteiger partial charge in [-0.25, -0.2) is 0 Å². The van der Waals surface area contributed by atoms with E-state index in [0.717, 1.165) is 25.7 Å². The van der Waals surface area contributed by atoms with Gasteiger partial charge in [0.25, 0.3) is 5.91 Å². The van der Waals surface area contributed by atoms with Crippen LogP contribution in [-0.4, -0.2) is 65.4 Å². The van der Waals surface area contributed by atoms with Crippen molar-refractivity contribution in [3.8, 4) is 0 Å². The van der Waals surface area contributed by atoms with Crippen molar-refractivity contribution in [3.63, 3.8) is 0 Å². The highest BCUT2D eigenvalue weighted by atomic mass is 16.4. The quantitative estimate of drug-likeness (QED) is 0.230. The first-order valence-electron chi connectivity index (χ1n) is 12.2. The molecule has 4 atom stereocenters. The van der Waals surface area contributed by atoms with E-state index >= 15 is 0 Å². The molecule has 1 saturated carbocycles. The Morgan fingerprint density at radius 1 is 0.971 bits per heavy atom. The van der Waals surface area contributed by atoms with Gasteiger partial charge in [-0.3, -0.25) is 19.2 Å². The monoisotopic (exact) mass is 488 g/mol. The minimum atomic E-state index is -1.72. The Morgan fingerprint density at radius 2 is 1.60 bits per heavy atom. The Morgan fingerprint density at radius 3 is 2.17 bits per heavy atom. The molecule has 0 heterocycles. The summed E-state index contributed by atoms with van der Waals surface area (Å²) < 4.78 is 0. The van der Waals surface area contributed by atoms with Crippen LogP contribution in [0.25, 0.3) is 0 Å². The molecule has 0 spiro atoms.